The molecule has 0 aliphatic heterocycles. The normalized spacial score (nSPS) is 10.4. The second-order valence-electron chi connectivity index (χ2n) is 2.88. The van der Waals surface area contributed by atoms with E-state index in [1.165, 1.54) is 36.1 Å². The van der Waals surface area contributed by atoms with Gasteiger partial charge in [0.25, 0.3) is 0 Å². The van der Waals surface area contributed by atoms with Gasteiger partial charge in [0.15, 0.2) is 0 Å². The summed E-state index contributed by atoms with van der Waals surface area (Å²) < 4.78 is 0. The van der Waals surface area contributed by atoms with E-state index < -0.39 is 0 Å². The van der Waals surface area contributed by atoms with E-state index in [1.54, 1.807) is 11.3 Å². The molecule has 0 bridgehead atoms. The molecule has 0 atom stereocenters. The van der Waals surface area contributed by atoms with Gasteiger partial charge in [-0.1, -0.05) is 19.8 Å². The van der Waals surface area contributed by atoms with E-state index >= 15 is 0 Å². The summed E-state index contributed by atoms with van der Waals surface area (Å²) in [6.07, 6.45) is 5.22. The van der Waals surface area contributed by atoms with E-state index in [-0.39, 0.29) is 0 Å². The molecule has 1 heterocycles. The number of hydrogen-bond donors (Lipinski definition) is 0. The molecule has 1 heteroatoms. The molecule has 0 spiro atoms. The Hall–Kier alpha value is -0.300. The van der Waals surface area contributed by atoms with Gasteiger partial charge >= 0.3 is 0 Å². The lowest BCUT2D eigenvalue weighted by Gasteiger charge is -1.94. The third-order valence-electron chi connectivity index (χ3n) is 1.78. The Morgan fingerprint density at radius 3 is 2.82 bits per heavy atom. The van der Waals surface area contributed by atoms with Crippen molar-refractivity contribution in [2.45, 2.75) is 32.6 Å². The summed E-state index contributed by atoms with van der Waals surface area (Å²) in [5.41, 5.74) is 1.47. The van der Waals surface area contributed by atoms with Crippen LogP contribution in [0.5, 0.6) is 0 Å². The molecular weight excluding hydrogens is 152 g/mol. The lowest BCUT2D eigenvalue weighted by atomic mass is 10.1. The molecule has 1 rings (SSSR count). The molecule has 0 saturated carbocycles. The van der Waals surface area contributed by atoms with Crippen molar-refractivity contribution in [3.63, 3.8) is 0 Å². The molecule has 0 N–H and O–H groups in total. The van der Waals surface area contributed by atoms with Gasteiger partial charge in [0.1, 0.15) is 0 Å². The van der Waals surface area contributed by atoms with E-state index in [4.69, 9.17) is 0 Å². The van der Waals surface area contributed by atoms with E-state index in [1.807, 2.05) is 0 Å². The number of aryl methyl sites for hydroxylation is 1. The average Bonchev–Trinajstić information content (AvgIpc) is 2.37. The predicted octanol–water partition coefficient (Wildman–Crippen LogP) is 3.66. The fraction of sp³-hybridized carbons (Fsp3) is 0.500. The molecule has 0 saturated heterocycles. The van der Waals surface area contributed by atoms with Crippen molar-refractivity contribution in [2.24, 2.45) is 0 Å². The largest absolute Gasteiger partial charge is 0.149 e. The van der Waals surface area contributed by atoms with Crippen LogP contribution in [0.3, 0.4) is 0 Å². The summed E-state index contributed by atoms with van der Waals surface area (Å²) in [6.45, 7) is 6.12. The smallest absolute Gasteiger partial charge is 0.00516 e. The number of thiophene rings is 1. The fourth-order valence-electron chi connectivity index (χ4n) is 1.14. The highest BCUT2D eigenvalue weighted by Crippen LogP contribution is 2.15. The van der Waals surface area contributed by atoms with Crippen LogP contribution in [0.4, 0.5) is 0 Å². The highest BCUT2D eigenvalue weighted by molar-refractivity contribution is 7.10. The summed E-state index contributed by atoms with van der Waals surface area (Å²) in [6, 6.07) is 2.19. The van der Waals surface area contributed by atoms with Gasteiger partial charge < -0.3 is 0 Å². The van der Waals surface area contributed by atoms with Gasteiger partial charge in [-0.15, -0.1) is 11.3 Å². The highest BCUT2D eigenvalue weighted by atomic mass is 32.1. The van der Waals surface area contributed by atoms with E-state index in [0.29, 0.717) is 0 Å². The Morgan fingerprint density at radius 2 is 2.27 bits per heavy atom. The first kappa shape index (κ1) is 8.79. The maximum Gasteiger partial charge on any atom is 0.00516 e. The van der Waals surface area contributed by atoms with Gasteiger partial charge in [-0.05, 0) is 36.8 Å². The highest BCUT2D eigenvalue weighted by Gasteiger charge is 1.94. The Labute approximate surface area is 73.3 Å². The first-order valence-corrected chi connectivity index (χ1v) is 5.10. The van der Waals surface area contributed by atoms with Crippen molar-refractivity contribution in [3.05, 3.63) is 28.8 Å². The maximum absolute atomic E-state index is 3.89. The standard InChI is InChI=1S/C10H15S/c1-3-4-5-6-10-7-9(2)11-8-10/h7-8H,2-6H2,1H3. The summed E-state index contributed by atoms with van der Waals surface area (Å²) in [5.74, 6) is 0. The van der Waals surface area contributed by atoms with Crippen molar-refractivity contribution in [1.29, 1.82) is 0 Å². The van der Waals surface area contributed by atoms with E-state index in [2.05, 4.69) is 25.3 Å². The van der Waals surface area contributed by atoms with Crippen LogP contribution < -0.4 is 0 Å². The molecule has 0 fully saturated rings. The van der Waals surface area contributed by atoms with Crippen LogP contribution in [0.15, 0.2) is 11.4 Å². The molecule has 61 valence electrons. The molecule has 0 nitrogen and oxygen atoms in total. The van der Waals surface area contributed by atoms with Crippen molar-refractivity contribution in [2.75, 3.05) is 0 Å². The van der Waals surface area contributed by atoms with Gasteiger partial charge in [-0.3, -0.25) is 0 Å². The fourth-order valence-corrected chi connectivity index (χ4v) is 1.84. The SMILES string of the molecule is [CH2]c1cc(CCCCC)cs1. The summed E-state index contributed by atoms with van der Waals surface area (Å²) in [5, 5.41) is 2.22. The molecule has 1 aromatic heterocycles. The Balaban J connectivity index is 2.27. The van der Waals surface area contributed by atoms with Gasteiger partial charge in [0.05, 0.1) is 0 Å². The molecule has 0 unspecified atom stereocenters. The molecule has 0 amide bonds. The molecular formula is C10H15S. The third kappa shape index (κ3) is 3.06. The minimum Gasteiger partial charge on any atom is -0.149 e. The van der Waals surface area contributed by atoms with E-state index in [0.717, 1.165) is 0 Å². The molecule has 11 heavy (non-hydrogen) atoms. The van der Waals surface area contributed by atoms with Crippen molar-refractivity contribution in [3.8, 4) is 0 Å². The van der Waals surface area contributed by atoms with Gasteiger partial charge in [-0.2, -0.15) is 0 Å². The van der Waals surface area contributed by atoms with Crippen LogP contribution >= 0.6 is 11.3 Å². The number of hydrogen-bond acceptors (Lipinski definition) is 1. The van der Waals surface area contributed by atoms with Gasteiger partial charge in [0.2, 0.25) is 0 Å². The van der Waals surface area contributed by atoms with Crippen LogP contribution in [0, 0.1) is 6.92 Å². The third-order valence-corrected chi connectivity index (χ3v) is 2.62. The number of unbranched alkanes of at least 4 members (excludes halogenated alkanes) is 2. The second-order valence-corrected chi connectivity index (χ2v) is 3.87. The monoisotopic (exact) mass is 167 g/mol. The number of rotatable bonds is 4. The predicted molar refractivity (Wildman–Crippen MR) is 52.0 cm³/mol. The van der Waals surface area contributed by atoms with Crippen LogP contribution in [0.1, 0.15) is 36.6 Å². The molecule has 1 aromatic rings. The lowest BCUT2D eigenvalue weighted by Crippen LogP contribution is -1.80. The first-order valence-electron chi connectivity index (χ1n) is 4.22. The van der Waals surface area contributed by atoms with Gasteiger partial charge in [-0.25, -0.2) is 0 Å². The molecule has 1 radical (unpaired) electrons. The second kappa shape index (κ2) is 4.55. The topological polar surface area (TPSA) is 0 Å². The van der Waals surface area contributed by atoms with Crippen molar-refractivity contribution >= 4 is 11.3 Å². The van der Waals surface area contributed by atoms with Crippen molar-refractivity contribution in [1.82, 2.24) is 0 Å². The average molecular weight is 167 g/mol. The Morgan fingerprint density at radius 1 is 1.45 bits per heavy atom. The Bertz CT molecular complexity index is 200. The molecule has 0 aliphatic rings. The van der Waals surface area contributed by atoms with Crippen LogP contribution in [0.2, 0.25) is 0 Å². The van der Waals surface area contributed by atoms with Crippen LogP contribution in [-0.4, -0.2) is 0 Å². The Kier molecular flexibility index (Phi) is 3.64. The lowest BCUT2D eigenvalue weighted by molar-refractivity contribution is 0.718. The summed E-state index contributed by atoms with van der Waals surface area (Å²) >= 11 is 1.75. The zero-order chi connectivity index (χ0) is 8.10. The molecule has 0 aliphatic carbocycles. The van der Waals surface area contributed by atoms with E-state index in [9.17, 15) is 0 Å². The maximum atomic E-state index is 3.89. The zero-order valence-electron chi connectivity index (χ0n) is 7.10. The minimum atomic E-state index is 1.19. The summed E-state index contributed by atoms with van der Waals surface area (Å²) in [7, 11) is 0. The van der Waals surface area contributed by atoms with Gasteiger partial charge in [0, 0.05) is 4.88 Å². The summed E-state index contributed by atoms with van der Waals surface area (Å²) in [4.78, 5) is 1.19. The van der Waals surface area contributed by atoms with Crippen LogP contribution in [0.25, 0.3) is 0 Å². The zero-order valence-corrected chi connectivity index (χ0v) is 7.91. The van der Waals surface area contributed by atoms with Crippen molar-refractivity contribution < 1.29 is 0 Å². The minimum absolute atomic E-state index is 1.19. The van der Waals surface area contributed by atoms with Crippen LogP contribution in [-0.2, 0) is 6.42 Å². The first-order chi connectivity index (χ1) is 5.33. The molecule has 0 aromatic carbocycles. The quantitative estimate of drug-likeness (QED) is 0.600.